The maximum absolute atomic E-state index is 9.66. The Balaban J connectivity index is 3.94. The summed E-state index contributed by atoms with van der Waals surface area (Å²) in [6.07, 6.45) is 2.76. The Hall–Kier alpha value is -1.57. The van der Waals surface area contributed by atoms with E-state index in [0.717, 1.165) is 0 Å². The maximum Gasteiger partial charge on any atom is 0.235 e. The highest BCUT2D eigenvalue weighted by atomic mass is 16.1. The lowest BCUT2D eigenvalue weighted by Crippen LogP contribution is -2.02. The number of aliphatic imine (C=N–C) groups is 1. The molecule has 0 aromatic carbocycles. The van der Waals surface area contributed by atoms with Crippen molar-refractivity contribution < 1.29 is 4.79 Å². The average molecular weight is 138 g/mol. The number of nitrogens with zero attached hydrogens (tertiary/aromatic N) is 4. The van der Waals surface area contributed by atoms with E-state index in [0.29, 0.717) is 0 Å². The molecular weight excluding hydrogens is 132 g/mol. The first kappa shape index (κ1) is 8.43. The minimum Gasteiger partial charge on any atom is -0.211 e. The summed E-state index contributed by atoms with van der Waals surface area (Å²) in [7, 11) is 0. The Morgan fingerprint density at radius 2 is 2.60 bits per heavy atom. The smallest absolute Gasteiger partial charge is 0.211 e. The molecule has 0 aromatic heterocycles. The summed E-state index contributed by atoms with van der Waals surface area (Å²) in [6.45, 7) is 3.50. The van der Waals surface area contributed by atoms with Gasteiger partial charge in [0.25, 0.3) is 0 Å². The van der Waals surface area contributed by atoms with Crippen molar-refractivity contribution in [1.82, 2.24) is 0 Å². The molecule has 0 heterocycles. The fourth-order valence-corrected chi connectivity index (χ4v) is 0.356. The van der Waals surface area contributed by atoms with Gasteiger partial charge in [-0.1, -0.05) is 11.2 Å². The molecule has 0 bridgehead atoms. The molecule has 0 aromatic rings. The van der Waals surface area contributed by atoms with Crippen LogP contribution in [0.15, 0.2) is 22.8 Å². The number of hydrogen-bond donors (Lipinski definition) is 0. The minimum atomic E-state index is -0.437. The molecule has 0 fully saturated rings. The van der Waals surface area contributed by atoms with Crippen molar-refractivity contribution in [2.45, 2.75) is 6.04 Å². The average Bonchev–Trinajstić information content (AvgIpc) is 1.98. The van der Waals surface area contributed by atoms with E-state index in [1.807, 2.05) is 0 Å². The summed E-state index contributed by atoms with van der Waals surface area (Å²) >= 11 is 0. The van der Waals surface area contributed by atoms with Gasteiger partial charge in [-0.3, -0.25) is 0 Å². The van der Waals surface area contributed by atoms with Crippen LogP contribution < -0.4 is 0 Å². The van der Waals surface area contributed by atoms with Gasteiger partial charge in [0.15, 0.2) is 0 Å². The fourth-order valence-electron chi connectivity index (χ4n) is 0.356. The Labute approximate surface area is 57.7 Å². The molecule has 0 saturated heterocycles. The predicted octanol–water partition coefficient (Wildman–Crippen LogP) is 1.19. The molecule has 0 rings (SSSR count). The van der Waals surface area contributed by atoms with Crippen molar-refractivity contribution >= 4 is 6.08 Å². The molecule has 0 radical (unpaired) electrons. The molecule has 0 N–H and O–H groups in total. The van der Waals surface area contributed by atoms with E-state index in [1.165, 1.54) is 12.2 Å². The molecule has 0 unspecified atom stereocenters. The first-order valence-corrected chi connectivity index (χ1v) is 2.55. The van der Waals surface area contributed by atoms with Gasteiger partial charge >= 0.3 is 0 Å². The number of rotatable bonds is 4. The summed E-state index contributed by atoms with van der Waals surface area (Å²) in [6, 6.07) is -0.437. The molecule has 0 spiro atoms. The molecule has 0 aliphatic rings. The van der Waals surface area contributed by atoms with Crippen LogP contribution in [0.2, 0.25) is 0 Å². The van der Waals surface area contributed by atoms with Gasteiger partial charge in [-0.05, 0) is 5.53 Å². The second-order valence-electron chi connectivity index (χ2n) is 1.44. The Kier molecular flexibility index (Phi) is 4.69. The second-order valence-corrected chi connectivity index (χ2v) is 1.44. The van der Waals surface area contributed by atoms with Crippen LogP contribution >= 0.6 is 0 Å². The minimum absolute atomic E-state index is 0.120. The number of isocyanates is 1. The highest BCUT2D eigenvalue weighted by Gasteiger charge is 1.96. The van der Waals surface area contributed by atoms with E-state index >= 15 is 0 Å². The van der Waals surface area contributed by atoms with Crippen LogP contribution in [-0.4, -0.2) is 18.7 Å². The third kappa shape index (κ3) is 3.43. The lowest BCUT2D eigenvalue weighted by molar-refractivity contribution is 0.560. The molecule has 5 nitrogen and oxygen atoms in total. The van der Waals surface area contributed by atoms with Crippen LogP contribution in [0.3, 0.4) is 0 Å². The molecule has 5 heteroatoms. The first-order chi connectivity index (χ1) is 4.85. The normalized spacial score (nSPS) is 10.4. The second kappa shape index (κ2) is 5.56. The van der Waals surface area contributed by atoms with Gasteiger partial charge in [0, 0.05) is 4.91 Å². The summed E-state index contributed by atoms with van der Waals surface area (Å²) in [5, 5.41) is 3.20. The van der Waals surface area contributed by atoms with E-state index in [2.05, 4.69) is 21.6 Å². The van der Waals surface area contributed by atoms with Crippen molar-refractivity contribution in [3.8, 4) is 0 Å². The Morgan fingerprint density at radius 1 is 1.90 bits per heavy atom. The van der Waals surface area contributed by atoms with E-state index in [1.54, 1.807) is 0 Å². The zero-order chi connectivity index (χ0) is 7.82. The molecular formula is C5H6N4O. The molecule has 1 atom stereocenters. The first-order valence-electron chi connectivity index (χ1n) is 2.55. The van der Waals surface area contributed by atoms with E-state index in [-0.39, 0.29) is 6.54 Å². The van der Waals surface area contributed by atoms with E-state index < -0.39 is 6.04 Å². The van der Waals surface area contributed by atoms with Crippen LogP contribution in [0.5, 0.6) is 0 Å². The SMILES string of the molecule is C=C[C@@H](CN=[N+]=[N-])N=C=O. The van der Waals surface area contributed by atoms with Gasteiger partial charge in [0.1, 0.15) is 0 Å². The van der Waals surface area contributed by atoms with Crippen molar-refractivity contribution in [3.05, 3.63) is 23.1 Å². The van der Waals surface area contributed by atoms with Crippen LogP contribution in [0.25, 0.3) is 10.4 Å². The molecule has 52 valence electrons. The van der Waals surface area contributed by atoms with Crippen molar-refractivity contribution in [2.24, 2.45) is 10.1 Å². The van der Waals surface area contributed by atoms with Crippen molar-refractivity contribution in [3.63, 3.8) is 0 Å². The van der Waals surface area contributed by atoms with E-state index in [9.17, 15) is 4.79 Å². The zero-order valence-corrected chi connectivity index (χ0v) is 5.27. The number of azide groups is 1. The van der Waals surface area contributed by atoms with Gasteiger partial charge in [-0.2, -0.15) is 4.99 Å². The van der Waals surface area contributed by atoms with Crippen molar-refractivity contribution in [2.75, 3.05) is 6.54 Å². The molecule has 10 heavy (non-hydrogen) atoms. The Morgan fingerprint density at radius 3 is 3.00 bits per heavy atom. The van der Waals surface area contributed by atoms with Crippen LogP contribution in [0, 0.1) is 0 Å². The lowest BCUT2D eigenvalue weighted by Gasteiger charge is -1.95. The van der Waals surface area contributed by atoms with Gasteiger partial charge in [-0.25, -0.2) is 4.79 Å². The standard InChI is InChI=1S/C5H6N4O/c1-2-5(7-4-10)3-8-9-6/h2,5H,1,3H2/t5-/m0/s1. The quantitative estimate of drug-likeness (QED) is 0.143. The maximum atomic E-state index is 9.66. The van der Waals surface area contributed by atoms with Gasteiger partial charge in [-0.15, -0.1) is 6.58 Å². The third-order valence-corrected chi connectivity index (χ3v) is 0.823. The highest BCUT2D eigenvalue weighted by molar-refractivity contribution is 5.34. The fraction of sp³-hybridized carbons (Fsp3) is 0.400. The van der Waals surface area contributed by atoms with Crippen molar-refractivity contribution in [1.29, 1.82) is 0 Å². The van der Waals surface area contributed by atoms with E-state index in [4.69, 9.17) is 5.53 Å². The summed E-state index contributed by atoms with van der Waals surface area (Å²) in [5.74, 6) is 0. The lowest BCUT2D eigenvalue weighted by atomic mass is 10.3. The van der Waals surface area contributed by atoms with Crippen LogP contribution in [0.1, 0.15) is 0 Å². The Bertz CT molecular complexity index is 200. The van der Waals surface area contributed by atoms with Gasteiger partial charge < -0.3 is 0 Å². The van der Waals surface area contributed by atoms with Crippen LogP contribution in [0.4, 0.5) is 0 Å². The molecule has 0 saturated carbocycles. The predicted molar refractivity (Wildman–Crippen MR) is 36.1 cm³/mol. The van der Waals surface area contributed by atoms with Gasteiger partial charge in [0.05, 0.1) is 12.6 Å². The molecule has 0 aliphatic carbocycles. The number of carbonyl (C=O) groups excluding carboxylic acids is 1. The van der Waals surface area contributed by atoms with Gasteiger partial charge in [0.2, 0.25) is 6.08 Å². The summed E-state index contributed by atoms with van der Waals surface area (Å²) in [4.78, 5) is 15.4. The topological polar surface area (TPSA) is 78.2 Å². The zero-order valence-electron chi connectivity index (χ0n) is 5.27. The van der Waals surface area contributed by atoms with Crippen LogP contribution in [-0.2, 0) is 4.79 Å². The largest absolute Gasteiger partial charge is 0.235 e. The molecule has 0 aliphatic heterocycles. The third-order valence-electron chi connectivity index (χ3n) is 0.823. The summed E-state index contributed by atoms with van der Waals surface area (Å²) < 4.78 is 0. The summed E-state index contributed by atoms with van der Waals surface area (Å²) in [5.41, 5.74) is 7.86. The number of hydrogen-bond acceptors (Lipinski definition) is 3. The molecule has 0 amide bonds. The monoisotopic (exact) mass is 138 g/mol. The highest BCUT2D eigenvalue weighted by Crippen LogP contribution is 1.91.